The van der Waals surface area contributed by atoms with Gasteiger partial charge in [-0.15, -0.1) is 0 Å². The van der Waals surface area contributed by atoms with Gasteiger partial charge in [-0.2, -0.15) is 0 Å². The summed E-state index contributed by atoms with van der Waals surface area (Å²) in [6.07, 6.45) is 1.87. The number of carbonyl (C=O) groups is 1. The first-order chi connectivity index (χ1) is 13.3. The number of sulfonamides is 1. The highest BCUT2D eigenvalue weighted by Crippen LogP contribution is 2.27. The van der Waals surface area contributed by atoms with Gasteiger partial charge in [0.2, 0.25) is 10.0 Å². The fourth-order valence-electron chi connectivity index (χ4n) is 2.91. The van der Waals surface area contributed by atoms with Crippen LogP contribution in [0.3, 0.4) is 0 Å². The molecule has 0 spiro atoms. The maximum absolute atomic E-state index is 13.7. The van der Waals surface area contributed by atoms with Gasteiger partial charge in [-0.3, -0.25) is 4.72 Å². The van der Waals surface area contributed by atoms with E-state index in [9.17, 15) is 17.6 Å². The number of amides is 1. The fraction of sp³-hybridized carbons (Fsp3) is 0.316. The number of carbonyl (C=O) groups excluding carboxylic acids is 1. The van der Waals surface area contributed by atoms with Crippen LogP contribution in [0.2, 0.25) is 0 Å². The maximum atomic E-state index is 13.7. The Kier molecular flexibility index (Phi) is 6.03. The van der Waals surface area contributed by atoms with Crippen molar-refractivity contribution in [2.75, 3.05) is 16.3 Å². The molecule has 150 valence electrons. The number of halogens is 1. The topological polar surface area (TPSA) is 96.5 Å². The Balaban J connectivity index is 1.43. The molecule has 1 aliphatic carbocycles. The van der Waals surface area contributed by atoms with E-state index in [0.29, 0.717) is 18.5 Å². The number of anilines is 2. The number of nitrogens with one attached hydrogen (secondary N) is 3. The highest BCUT2D eigenvalue weighted by molar-refractivity contribution is 7.92. The number of ether oxygens (including phenoxy) is 1. The summed E-state index contributed by atoms with van der Waals surface area (Å²) in [6.45, 7) is 0.215. The average Bonchev–Trinajstić information content (AvgIpc) is 2.60. The Labute approximate surface area is 163 Å². The predicted molar refractivity (Wildman–Crippen MR) is 105 cm³/mol. The molecule has 3 rings (SSSR count). The highest BCUT2D eigenvalue weighted by Gasteiger charge is 2.30. The maximum Gasteiger partial charge on any atom is 0.407 e. The largest absolute Gasteiger partial charge is 0.445 e. The fourth-order valence-corrected chi connectivity index (χ4v) is 3.47. The van der Waals surface area contributed by atoms with Gasteiger partial charge in [-0.25, -0.2) is 17.6 Å². The van der Waals surface area contributed by atoms with Gasteiger partial charge in [0.25, 0.3) is 0 Å². The van der Waals surface area contributed by atoms with Crippen molar-refractivity contribution in [2.45, 2.75) is 31.5 Å². The molecule has 0 saturated heterocycles. The minimum Gasteiger partial charge on any atom is -0.445 e. The predicted octanol–water partition coefficient (Wildman–Crippen LogP) is 3.07. The number of hydrogen-bond acceptors (Lipinski definition) is 5. The monoisotopic (exact) mass is 407 g/mol. The average molecular weight is 407 g/mol. The van der Waals surface area contributed by atoms with E-state index in [-0.39, 0.29) is 24.4 Å². The Bertz CT molecular complexity index is 931. The molecule has 1 fully saturated rings. The van der Waals surface area contributed by atoms with E-state index in [2.05, 4.69) is 15.4 Å². The van der Waals surface area contributed by atoms with Crippen LogP contribution in [0, 0.1) is 5.82 Å². The van der Waals surface area contributed by atoms with Crippen LogP contribution in [0.5, 0.6) is 0 Å². The zero-order valence-corrected chi connectivity index (χ0v) is 16.1. The zero-order valence-electron chi connectivity index (χ0n) is 15.3. The molecule has 1 amide bonds. The van der Waals surface area contributed by atoms with Crippen molar-refractivity contribution >= 4 is 27.5 Å². The summed E-state index contributed by atoms with van der Waals surface area (Å²) in [5.41, 5.74) is 1.41. The first kappa shape index (κ1) is 19.9. The van der Waals surface area contributed by atoms with Crippen molar-refractivity contribution in [1.82, 2.24) is 5.32 Å². The van der Waals surface area contributed by atoms with E-state index in [1.165, 1.54) is 18.2 Å². The van der Waals surface area contributed by atoms with Gasteiger partial charge in [0.1, 0.15) is 12.4 Å². The lowest BCUT2D eigenvalue weighted by atomic mass is 9.86. The van der Waals surface area contributed by atoms with E-state index in [4.69, 9.17) is 4.74 Å². The Morgan fingerprint density at radius 3 is 2.54 bits per heavy atom. The van der Waals surface area contributed by atoms with Crippen LogP contribution in [0.4, 0.5) is 20.6 Å². The van der Waals surface area contributed by atoms with Crippen LogP contribution < -0.4 is 15.4 Å². The molecule has 28 heavy (non-hydrogen) atoms. The first-order valence-corrected chi connectivity index (χ1v) is 10.7. The number of hydrogen-bond donors (Lipinski definition) is 3. The van der Waals surface area contributed by atoms with Crippen molar-refractivity contribution < 1.29 is 22.3 Å². The molecular formula is C19H22FN3O4S. The molecule has 0 radical (unpaired) electrons. The van der Waals surface area contributed by atoms with Crippen molar-refractivity contribution in [1.29, 1.82) is 0 Å². The third-order valence-corrected chi connectivity index (χ3v) is 4.90. The van der Waals surface area contributed by atoms with Crippen LogP contribution in [0.1, 0.15) is 18.4 Å². The molecule has 3 N–H and O–H groups in total. The van der Waals surface area contributed by atoms with Gasteiger partial charge in [-0.1, -0.05) is 30.3 Å². The summed E-state index contributed by atoms with van der Waals surface area (Å²) in [7, 11) is -3.56. The quantitative estimate of drug-likeness (QED) is 0.656. The van der Waals surface area contributed by atoms with Crippen LogP contribution in [-0.2, 0) is 21.4 Å². The molecule has 0 heterocycles. The normalized spacial score (nSPS) is 18.6. The summed E-state index contributed by atoms with van der Waals surface area (Å²) in [6, 6.07) is 13.7. The van der Waals surface area contributed by atoms with E-state index >= 15 is 0 Å². The first-order valence-electron chi connectivity index (χ1n) is 8.79. The van der Waals surface area contributed by atoms with Gasteiger partial charge in [0.05, 0.1) is 11.9 Å². The second-order valence-corrected chi connectivity index (χ2v) is 8.53. The molecular weight excluding hydrogens is 385 g/mol. The third kappa shape index (κ3) is 5.85. The Morgan fingerprint density at radius 2 is 1.86 bits per heavy atom. The smallest absolute Gasteiger partial charge is 0.407 e. The summed E-state index contributed by atoms with van der Waals surface area (Å²) < 4.78 is 43.6. The molecule has 0 aliphatic heterocycles. The van der Waals surface area contributed by atoms with Gasteiger partial charge in [0, 0.05) is 17.8 Å². The van der Waals surface area contributed by atoms with Crippen LogP contribution in [-0.4, -0.2) is 32.9 Å². The standard InChI is InChI=1S/C19H22FN3O4S/c1-28(25,26)23-18-11-14(7-8-17(18)20)21-15-9-16(10-15)22-19(24)27-12-13-5-3-2-4-6-13/h2-8,11,15-16,21,23H,9-10,12H2,1H3,(H,22,24). The molecule has 0 atom stereocenters. The lowest BCUT2D eigenvalue weighted by molar-refractivity contribution is 0.129. The Morgan fingerprint density at radius 1 is 1.14 bits per heavy atom. The molecule has 0 bridgehead atoms. The Hall–Kier alpha value is -2.81. The minimum atomic E-state index is -3.56. The minimum absolute atomic E-state index is 0.00478. The van der Waals surface area contributed by atoms with E-state index in [1.54, 1.807) is 0 Å². The van der Waals surface area contributed by atoms with Gasteiger partial charge < -0.3 is 15.4 Å². The van der Waals surface area contributed by atoms with Crippen LogP contribution >= 0.6 is 0 Å². The molecule has 1 saturated carbocycles. The lowest BCUT2D eigenvalue weighted by Crippen LogP contribution is -2.49. The van der Waals surface area contributed by atoms with Gasteiger partial charge in [-0.05, 0) is 36.6 Å². The molecule has 9 heteroatoms. The van der Waals surface area contributed by atoms with Crippen molar-refractivity contribution in [3.63, 3.8) is 0 Å². The highest BCUT2D eigenvalue weighted by atomic mass is 32.2. The van der Waals surface area contributed by atoms with Crippen molar-refractivity contribution in [3.8, 4) is 0 Å². The summed E-state index contributed by atoms with van der Waals surface area (Å²) in [5.74, 6) is -0.648. The number of alkyl carbamates (subject to hydrolysis) is 1. The summed E-state index contributed by atoms with van der Waals surface area (Å²) in [4.78, 5) is 11.8. The summed E-state index contributed by atoms with van der Waals surface area (Å²) >= 11 is 0. The molecule has 2 aromatic carbocycles. The number of rotatable bonds is 7. The van der Waals surface area contributed by atoms with Crippen molar-refractivity contribution in [2.24, 2.45) is 0 Å². The lowest BCUT2D eigenvalue weighted by Gasteiger charge is -2.36. The molecule has 1 aliphatic rings. The molecule has 2 aromatic rings. The van der Waals surface area contributed by atoms with Crippen LogP contribution in [0.15, 0.2) is 48.5 Å². The summed E-state index contributed by atoms with van der Waals surface area (Å²) in [5, 5.41) is 6.00. The van der Waals surface area contributed by atoms with Crippen LogP contribution in [0.25, 0.3) is 0 Å². The van der Waals surface area contributed by atoms with E-state index in [0.717, 1.165) is 11.8 Å². The second-order valence-electron chi connectivity index (χ2n) is 6.78. The molecule has 0 aromatic heterocycles. The van der Waals surface area contributed by atoms with Crippen molar-refractivity contribution in [3.05, 3.63) is 59.9 Å². The molecule has 0 unspecified atom stereocenters. The van der Waals surface area contributed by atoms with Gasteiger partial charge in [0.15, 0.2) is 0 Å². The SMILES string of the molecule is CS(=O)(=O)Nc1cc(NC2CC(NC(=O)OCc3ccccc3)C2)ccc1F. The number of benzene rings is 2. The van der Waals surface area contributed by atoms with Gasteiger partial charge >= 0.3 is 6.09 Å². The molecule has 7 nitrogen and oxygen atoms in total. The van der Waals surface area contributed by atoms with E-state index < -0.39 is 21.9 Å². The third-order valence-electron chi connectivity index (χ3n) is 4.31. The zero-order chi connectivity index (χ0) is 20.1. The van der Waals surface area contributed by atoms with E-state index in [1.807, 2.05) is 30.3 Å². The second kappa shape index (κ2) is 8.47.